The van der Waals surface area contributed by atoms with Gasteiger partial charge in [-0.1, -0.05) is 32.1 Å². The predicted molar refractivity (Wildman–Crippen MR) is 86.3 cm³/mol. The summed E-state index contributed by atoms with van der Waals surface area (Å²) in [4.78, 5) is 28.4. The molecule has 1 amide bonds. The van der Waals surface area contributed by atoms with Crippen molar-refractivity contribution in [1.29, 1.82) is 0 Å². The number of thiazole rings is 1. The molecule has 120 valence electrons. The monoisotopic (exact) mass is 335 g/mol. The summed E-state index contributed by atoms with van der Waals surface area (Å²) in [6, 6.07) is 0. The molecular weight excluding hydrogens is 314 g/mol. The van der Waals surface area contributed by atoms with Crippen molar-refractivity contribution in [1.82, 2.24) is 4.98 Å². The van der Waals surface area contributed by atoms with Crippen molar-refractivity contribution in [3.05, 3.63) is 10.6 Å². The molecule has 0 aromatic carbocycles. The Kier molecular flexibility index (Phi) is 6.34. The fourth-order valence-electron chi connectivity index (χ4n) is 1.37. The van der Waals surface area contributed by atoms with Crippen molar-refractivity contribution in [3.8, 4) is 0 Å². The molecule has 0 radical (unpaired) electrons. The molecule has 1 aromatic rings. The number of carbonyl (C=O) groups is 2. The lowest BCUT2D eigenvalue weighted by molar-refractivity contribution is -0.120. The van der Waals surface area contributed by atoms with E-state index in [1.54, 1.807) is 13.8 Å². The molecule has 6 nitrogen and oxygen atoms in total. The van der Waals surface area contributed by atoms with Crippen LogP contribution in [0.2, 0.25) is 0 Å². The van der Waals surface area contributed by atoms with Crippen LogP contribution in [-0.4, -0.2) is 29.5 Å². The minimum Gasteiger partial charge on any atom is -0.465 e. The van der Waals surface area contributed by atoms with Crippen molar-refractivity contribution in [3.63, 3.8) is 0 Å². The Bertz CT molecular complexity index is 530. The highest BCUT2D eigenvalue weighted by Gasteiger charge is 2.29. The van der Waals surface area contributed by atoms with E-state index in [0.29, 0.717) is 15.7 Å². The number of nitrogens with two attached hydrogens (primary N) is 1. The van der Waals surface area contributed by atoms with E-state index in [4.69, 9.17) is 10.5 Å². The highest BCUT2D eigenvalue weighted by Crippen LogP contribution is 2.32. The first-order valence-corrected chi connectivity index (χ1v) is 6.98. The van der Waals surface area contributed by atoms with Gasteiger partial charge in [0.15, 0.2) is 5.13 Å². The molecule has 0 aliphatic carbocycles. The van der Waals surface area contributed by atoms with E-state index in [9.17, 15) is 9.59 Å². The van der Waals surface area contributed by atoms with Gasteiger partial charge in [0.25, 0.3) is 0 Å². The summed E-state index contributed by atoms with van der Waals surface area (Å²) >= 11 is 1.09. The summed E-state index contributed by atoms with van der Waals surface area (Å²) in [7, 11) is 1.32. The van der Waals surface area contributed by atoms with Gasteiger partial charge >= 0.3 is 5.97 Å². The minimum atomic E-state index is -1.01. The average molecular weight is 336 g/mol. The number of aromatic nitrogens is 1. The SMILES string of the molecule is COC(=O)c1sc(NC(=O)C(C)(C)N)nc1C(C)(C)C.Cl. The summed E-state index contributed by atoms with van der Waals surface area (Å²) in [5.74, 6) is -0.817. The Morgan fingerprint density at radius 2 is 1.76 bits per heavy atom. The Morgan fingerprint density at radius 3 is 2.14 bits per heavy atom. The number of methoxy groups -OCH3 is 1. The Labute approximate surface area is 134 Å². The molecule has 0 fully saturated rings. The van der Waals surface area contributed by atoms with Crippen molar-refractivity contribution >= 4 is 40.8 Å². The van der Waals surface area contributed by atoms with Gasteiger partial charge in [-0.3, -0.25) is 4.79 Å². The van der Waals surface area contributed by atoms with E-state index in [2.05, 4.69) is 10.3 Å². The summed E-state index contributed by atoms with van der Waals surface area (Å²) in [6.07, 6.45) is 0. The molecule has 0 spiro atoms. The van der Waals surface area contributed by atoms with Gasteiger partial charge in [0.05, 0.1) is 18.3 Å². The standard InChI is InChI=1S/C13H21N3O3S.ClH/c1-12(2,3)8-7(9(17)19-6)20-11(15-8)16-10(18)13(4,5)14;/h14H2,1-6H3,(H,15,16,18);1H. The predicted octanol–water partition coefficient (Wildman–Crippen LogP) is 2.32. The quantitative estimate of drug-likeness (QED) is 0.827. The highest BCUT2D eigenvalue weighted by atomic mass is 35.5. The average Bonchev–Trinajstić information content (AvgIpc) is 2.70. The highest BCUT2D eigenvalue weighted by molar-refractivity contribution is 7.17. The van der Waals surface area contributed by atoms with Crippen LogP contribution in [0.5, 0.6) is 0 Å². The van der Waals surface area contributed by atoms with Gasteiger partial charge in [-0.25, -0.2) is 9.78 Å². The lowest BCUT2D eigenvalue weighted by Crippen LogP contribution is -2.45. The van der Waals surface area contributed by atoms with Gasteiger partial charge < -0.3 is 15.8 Å². The van der Waals surface area contributed by atoms with Crippen molar-refractivity contribution < 1.29 is 14.3 Å². The molecule has 1 aromatic heterocycles. The third kappa shape index (κ3) is 4.94. The Balaban J connectivity index is 0.00000400. The van der Waals surface area contributed by atoms with E-state index in [1.165, 1.54) is 7.11 Å². The second kappa shape index (κ2) is 6.72. The summed E-state index contributed by atoms with van der Waals surface area (Å²) in [6.45, 7) is 9.01. The van der Waals surface area contributed by atoms with Crippen LogP contribution >= 0.6 is 23.7 Å². The Hall–Kier alpha value is -1.18. The second-order valence-corrected chi connectivity index (χ2v) is 7.11. The van der Waals surface area contributed by atoms with Gasteiger partial charge in [0.2, 0.25) is 5.91 Å². The third-order valence-corrected chi connectivity index (χ3v) is 3.46. The molecule has 1 heterocycles. The van der Waals surface area contributed by atoms with E-state index in [0.717, 1.165) is 11.3 Å². The molecule has 1 rings (SSSR count). The van der Waals surface area contributed by atoms with Gasteiger partial charge in [0.1, 0.15) is 4.88 Å². The molecule has 0 saturated heterocycles. The fourth-order valence-corrected chi connectivity index (χ4v) is 2.46. The maximum atomic E-state index is 11.9. The van der Waals surface area contributed by atoms with Crippen LogP contribution in [0.15, 0.2) is 0 Å². The van der Waals surface area contributed by atoms with Gasteiger partial charge in [0, 0.05) is 5.41 Å². The largest absolute Gasteiger partial charge is 0.465 e. The van der Waals surface area contributed by atoms with Crippen molar-refractivity contribution in [2.75, 3.05) is 12.4 Å². The maximum Gasteiger partial charge on any atom is 0.350 e. The van der Waals surface area contributed by atoms with Gasteiger partial charge in [-0.05, 0) is 13.8 Å². The molecule has 0 atom stereocenters. The molecule has 0 unspecified atom stereocenters. The van der Waals surface area contributed by atoms with Crippen molar-refractivity contribution in [2.45, 2.75) is 45.6 Å². The number of nitrogens with zero attached hydrogens (tertiary/aromatic N) is 1. The third-order valence-electron chi connectivity index (χ3n) is 2.51. The van der Waals surface area contributed by atoms with E-state index < -0.39 is 11.5 Å². The van der Waals surface area contributed by atoms with Crippen LogP contribution in [0, 0.1) is 0 Å². The van der Waals surface area contributed by atoms with Gasteiger partial charge in [-0.2, -0.15) is 0 Å². The molecular formula is C13H22ClN3O3S. The zero-order valence-corrected chi connectivity index (χ0v) is 14.7. The van der Waals surface area contributed by atoms with Crippen LogP contribution in [0.4, 0.5) is 5.13 Å². The second-order valence-electron chi connectivity index (χ2n) is 6.11. The number of amides is 1. The summed E-state index contributed by atoms with van der Waals surface area (Å²) < 4.78 is 4.75. The lowest BCUT2D eigenvalue weighted by Gasteiger charge is -2.17. The first-order chi connectivity index (χ1) is 8.96. The Morgan fingerprint density at radius 1 is 1.24 bits per heavy atom. The zero-order valence-electron chi connectivity index (χ0n) is 13.1. The first kappa shape index (κ1) is 19.8. The number of nitrogens with one attached hydrogen (secondary N) is 1. The van der Waals surface area contributed by atoms with Crippen molar-refractivity contribution in [2.24, 2.45) is 5.73 Å². The van der Waals surface area contributed by atoms with E-state index >= 15 is 0 Å². The molecule has 3 N–H and O–H groups in total. The van der Waals surface area contributed by atoms with Crippen LogP contribution in [0.3, 0.4) is 0 Å². The summed E-state index contributed by atoms with van der Waals surface area (Å²) in [5, 5.41) is 2.98. The fraction of sp³-hybridized carbons (Fsp3) is 0.615. The number of halogens is 1. The number of anilines is 1. The molecule has 0 aliphatic rings. The van der Waals surface area contributed by atoms with Crippen LogP contribution in [-0.2, 0) is 14.9 Å². The van der Waals surface area contributed by atoms with Crippen LogP contribution in [0.1, 0.15) is 50.0 Å². The molecule has 8 heteroatoms. The number of esters is 1. The number of hydrogen-bond donors (Lipinski definition) is 2. The molecule has 0 saturated carbocycles. The van der Waals surface area contributed by atoms with E-state index in [1.807, 2.05) is 20.8 Å². The molecule has 0 bridgehead atoms. The topological polar surface area (TPSA) is 94.3 Å². The molecule has 21 heavy (non-hydrogen) atoms. The minimum absolute atomic E-state index is 0. The maximum absolute atomic E-state index is 11.9. The lowest BCUT2D eigenvalue weighted by atomic mass is 9.91. The smallest absolute Gasteiger partial charge is 0.350 e. The summed E-state index contributed by atoms with van der Waals surface area (Å²) in [5.41, 5.74) is 4.97. The van der Waals surface area contributed by atoms with Gasteiger partial charge in [-0.15, -0.1) is 12.4 Å². The number of carbonyl (C=O) groups excluding carboxylic acids is 2. The van der Waals surface area contributed by atoms with Crippen LogP contribution in [0.25, 0.3) is 0 Å². The van der Waals surface area contributed by atoms with Crippen LogP contribution < -0.4 is 11.1 Å². The normalized spacial score (nSPS) is 11.6. The zero-order chi connectivity index (χ0) is 15.7. The number of ether oxygens (including phenoxy) is 1. The van der Waals surface area contributed by atoms with E-state index in [-0.39, 0.29) is 23.7 Å². The number of rotatable bonds is 3. The first-order valence-electron chi connectivity index (χ1n) is 6.16. The molecule has 0 aliphatic heterocycles. The number of hydrogen-bond acceptors (Lipinski definition) is 6.